The van der Waals surface area contributed by atoms with E-state index in [1.807, 2.05) is 0 Å². The predicted molar refractivity (Wildman–Crippen MR) is 159 cm³/mol. The summed E-state index contributed by atoms with van der Waals surface area (Å²) in [4.78, 5) is 0. The topological polar surface area (TPSA) is 54.4 Å². The van der Waals surface area contributed by atoms with E-state index in [1.165, 1.54) is 32.6 Å². The summed E-state index contributed by atoms with van der Waals surface area (Å²) in [6.07, 6.45) is 0. The van der Waals surface area contributed by atoms with E-state index in [0.717, 1.165) is 0 Å². The average Bonchev–Trinajstić information content (AvgIpc) is 2.77. The maximum Gasteiger partial charge on any atom is 0.522 e. The maximum absolute atomic E-state index is 10.7. The van der Waals surface area contributed by atoms with E-state index >= 15 is 0 Å². The first-order valence-corrected chi connectivity index (χ1v) is 15.5. The molecule has 0 bridgehead atoms. The molecule has 1 N–H and O–H groups in total. The number of alkyl halides is 3. The highest BCUT2D eigenvalue weighted by molar-refractivity contribution is 7.86. The zero-order chi connectivity index (χ0) is 30.0. The lowest BCUT2D eigenvalue weighted by molar-refractivity contribution is -0.0510. The molecule has 0 aliphatic heterocycles. The number of rotatable bonds is 3. The Labute approximate surface area is 233 Å². The summed E-state index contributed by atoms with van der Waals surface area (Å²) in [6, 6.07) is 27.4. The third-order valence-electron chi connectivity index (χ3n) is 6.15. The number of hydrogen-bond acceptors (Lipinski definition) is 2. The number of halogens is 3. The molecule has 3 aromatic rings. The van der Waals surface area contributed by atoms with Crippen LogP contribution < -0.4 is 15.9 Å². The van der Waals surface area contributed by atoms with Crippen molar-refractivity contribution in [3.63, 3.8) is 0 Å². The number of benzene rings is 3. The molecule has 3 rings (SSSR count). The van der Waals surface area contributed by atoms with Gasteiger partial charge in [0, 0.05) is 0 Å². The van der Waals surface area contributed by atoms with E-state index in [1.54, 1.807) is 0 Å². The first kappa shape index (κ1) is 33.0. The summed E-state index contributed by atoms with van der Waals surface area (Å²) in [7, 11) is -6.54. The minimum Gasteiger partial charge on any atom is -0.279 e. The van der Waals surface area contributed by atoms with Crippen molar-refractivity contribution >= 4 is 34.0 Å². The van der Waals surface area contributed by atoms with Crippen molar-refractivity contribution in [3.05, 3.63) is 89.5 Å². The summed E-state index contributed by atoms with van der Waals surface area (Å²) in [6.45, 7) is 21.0. The molecule has 0 spiro atoms. The average molecular weight is 581 g/mol. The van der Waals surface area contributed by atoms with Crippen LogP contribution in [0.25, 0.3) is 0 Å². The van der Waals surface area contributed by atoms with Crippen LogP contribution in [-0.2, 0) is 26.4 Å². The zero-order valence-electron chi connectivity index (χ0n) is 24.2. The van der Waals surface area contributed by atoms with E-state index in [-0.39, 0.29) is 16.2 Å². The molecule has 39 heavy (non-hydrogen) atoms. The summed E-state index contributed by atoms with van der Waals surface area (Å²) >= 11 is 0. The van der Waals surface area contributed by atoms with Gasteiger partial charge in [0.1, 0.15) is 0 Å². The molecule has 3 aromatic carbocycles. The standard InChI is InChI=1S/C30H39P.CHF3O3S/c1-28(2,3)22-16-10-13-19-25(22)31(26-20-14-11-17-23(26)29(4,5)6)27-21-15-12-18-24(27)30(7,8)9;2-1(3,4)8(5,6)7/h10-21H,1-9H3;(H,5,6,7). The van der Waals surface area contributed by atoms with Gasteiger partial charge in [-0.25, -0.2) is 0 Å². The zero-order valence-corrected chi connectivity index (χ0v) is 25.9. The SMILES string of the molecule is CC(C)(C)c1ccccc1P(c1ccccc1C(C)(C)C)c1ccccc1C(C)(C)C.O=S(=O)(O)C(F)(F)F. The van der Waals surface area contributed by atoms with Gasteiger partial charge in [0.25, 0.3) is 0 Å². The first-order chi connectivity index (χ1) is 17.6. The van der Waals surface area contributed by atoms with Crippen LogP contribution >= 0.6 is 7.92 Å². The Bertz CT molecular complexity index is 1240. The van der Waals surface area contributed by atoms with Crippen LogP contribution in [0.3, 0.4) is 0 Å². The van der Waals surface area contributed by atoms with Gasteiger partial charge in [-0.15, -0.1) is 0 Å². The van der Waals surface area contributed by atoms with E-state index < -0.39 is 23.5 Å². The molecule has 0 unspecified atom stereocenters. The molecule has 8 heteroatoms. The van der Waals surface area contributed by atoms with Crippen LogP contribution in [0, 0.1) is 0 Å². The van der Waals surface area contributed by atoms with Crippen molar-refractivity contribution in [1.29, 1.82) is 0 Å². The summed E-state index contributed by atoms with van der Waals surface area (Å²) in [5.41, 5.74) is -0.914. The Morgan fingerprint density at radius 1 is 0.538 bits per heavy atom. The van der Waals surface area contributed by atoms with E-state index in [4.69, 9.17) is 13.0 Å². The van der Waals surface area contributed by atoms with Gasteiger partial charge in [-0.3, -0.25) is 4.55 Å². The van der Waals surface area contributed by atoms with Crippen LogP contribution in [0.15, 0.2) is 72.8 Å². The van der Waals surface area contributed by atoms with Crippen molar-refractivity contribution in [2.24, 2.45) is 0 Å². The second-order valence-corrected chi connectivity index (χ2v) is 16.1. The second kappa shape index (κ2) is 11.7. The van der Waals surface area contributed by atoms with Crippen molar-refractivity contribution in [2.45, 2.75) is 84.1 Å². The van der Waals surface area contributed by atoms with Crippen molar-refractivity contribution < 1.29 is 26.1 Å². The highest BCUT2D eigenvalue weighted by atomic mass is 32.2. The smallest absolute Gasteiger partial charge is 0.279 e. The lowest BCUT2D eigenvalue weighted by Gasteiger charge is -2.34. The lowest BCUT2D eigenvalue weighted by Crippen LogP contribution is -2.34. The van der Waals surface area contributed by atoms with E-state index in [0.29, 0.717) is 0 Å². The number of hydrogen-bond donors (Lipinski definition) is 1. The first-order valence-electron chi connectivity index (χ1n) is 12.7. The van der Waals surface area contributed by atoms with Gasteiger partial charge in [0.15, 0.2) is 0 Å². The van der Waals surface area contributed by atoms with Crippen LogP contribution in [0.1, 0.15) is 79.0 Å². The minimum absolute atomic E-state index is 0.0878. The van der Waals surface area contributed by atoms with Gasteiger partial charge >= 0.3 is 15.6 Å². The summed E-state index contributed by atoms with van der Waals surface area (Å²) in [5, 5.41) is 4.45. The Balaban J connectivity index is 0.000000580. The van der Waals surface area contributed by atoms with Gasteiger partial charge < -0.3 is 0 Å². The van der Waals surface area contributed by atoms with Crippen LogP contribution in [-0.4, -0.2) is 18.5 Å². The largest absolute Gasteiger partial charge is 0.522 e. The Kier molecular flexibility index (Phi) is 9.92. The van der Waals surface area contributed by atoms with E-state index in [9.17, 15) is 13.2 Å². The monoisotopic (exact) mass is 580 g/mol. The predicted octanol–water partition coefficient (Wildman–Crippen LogP) is 7.73. The molecule has 0 saturated carbocycles. The van der Waals surface area contributed by atoms with Gasteiger partial charge in [-0.05, 0) is 56.8 Å². The molecule has 0 aliphatic rings. The highest BCUT2D eigenvalue weighted by Crippen LogP contribution is 2.42. The van der Waals surface area contributed by atoms with Gasteiger partial charge in [0.05, 0.1) is 0 Å². The maximum atomic E-state index is 10.7. The fourth-order valence-corrected chi connectivity index (χ4v) is 7.73. The molecule has 0 radical (unpaired) electrons. The Morgan fingerprint density at radius 3 is 0.923 bits per heavy atom. The fourth-order valence-electron chi connectivity index (χ4n) is 4.30. The summed E-state index contributed by atoms with van der Waals surface area (Å²) in [5.74, 6) is 0. The van der Waals surface area contributed by atoms with Crippen LogP contribution in [0.2, 0.25) is 0 Å². The molecule has 0 aromatic heterocycles. The third-order valence-corrected chi connectivity index (χ3v) is 9.35. The van der Waals surface area contributed by atoms with Gasteiger partial charge in [-0.1, -0.05) is 135 Å². The van der Waals surface area contributed by atoms with Crippen LogP contribution in [0.4, 0.5) is 13.2 Å². The normalized spacial score (nSPS) is 13.2. The molecular formula is C31H40F3O3PS. The van der Waals surface area contributed by atoms with E-state index in [2.05, 4.69) is 135 Å². The van der Waals surface area contributed by atoms with Crippen LogP contribution in [0.5, 0.6) is 0 Å². The molecule has 214 valence electrons. The minimum atomic E-state index is -5.84. The quantitative estimate of drug-likeness (QED) is 0.196. The Hall–Kier alpha value is -2.21. The molecule has 3 nitrogen and oxygen atoms in total. The molecule has 0 heterocycles. The molecule has 0 aliphatic carbocycles. The molecular weight excluding hydrogens is 540 g/mol. The van der Waals surface area contributed by atoms with Gasteiger partial charge in [-0.2, -0.15) is 21.6 Å². The van der Waals surface area contributed by atoms with Gasteiger partial charge in [0.2, 0.25) is 0 Å². The molecule has 0 amide bonds. The molecule has 0 atom stereocenters. The van der Waals surface area contributed by atoms with Crippen molar-refractivity contribution in [1.82, 2.24) is 0 Å². The summed E-state index contributed by atoms with van der Waals surface area (Å²) < 4.78 is 57.5. The fraction of sp³-hybridized carbons (Fsp3) is 0.419. The molecule has 0 saturated heterocycles. The lowest BCUT2D eigenvalue weighted by atomic mass is 9.87. The second-order valence-electron chi connectivity index (χ2n) is 12.6. The van der Waals surface area contributed by atoms with Crippen molar-refractivity contribution in [3.8, 4) is 0 Å². The third kappa shape index (κ3) is 8.39. The Morgan fingerprint density at radius 2 is 0.744 bits per heavy atom. The highest BCUT2D eigenvalue weighted by Gasteiger charge is 2.44. The van der Waals surface area contributed by atoms with Crippen molar-refractivity contribution in [2.75, 3.05) is 0 Å². The molecule has 0 fully saturated rings.